The number of sulfonamides is 1. The van der Waals surface area contributed by atoms with Gasteiger partial charge in [0.1, 0.15) is 6.10 Å². The summed E-state index contributed by atoms with van der Waals surface area (Å²) < 4.78 is 38.9. The molecule has 1 unspecified atom stereocenters. The summed E-state index contributed by atoms with van der Waals surface area (Å²) in [5.74, 6) is 0.712. The number of benzene rings is 1. The molecular weight excluding hydrogens is 378 g/mol. The van der Waals surface area contributed by atoms with E-state index < -0.39 is 10.0 Å². The molecule has 0 N–H and O–H groups in total. The van der Waals surface area contributed by atoms with E-state index in [9.17, 15) is 8.42 Å². The molecule has 0 saturated carbocycles. The molecule has 2 aromatic rings. The first kappa shape index (κ1) is 19.1. The molecule has 0 bridgehead atoms. The Hall–Kier alpha value is -2.19. The zero-order valence-corrected chi connectivity index (χ0v) is 16.8. The van der Waals surface area contributed by atoms with Crippen molar-refractivity contribution in [3.8, 4) is 11.8 Å². The first-order valence-electron chi connectivity index (χ1n) is 9.71. The van der Waals surface area contributed by atoms with Crippen LogP contribution in [0.15, 0.2) is 35.5 Å². The molecule has 4 rings (SSSR count). The van der Waals surface area contributed by atoms with Gasteiger partial charge in [-0.25, -0.2) is 8.42 Å². The number of nitrogens with zero attached hydrogens (tertiary/aromatic N) is 3. The molecule has 1 aromatic heterocycles. The Morgan fingerprint density at radius 1 is 1.07 bits per heavy atom. The predicted octanol–water partition coefficient (Wildman–Crippen LogP) is 2.60. The molecular formula is C20H25N3O4S. The van der Waals surface area contributed by atoms with Crippen LogP contribution in [0.2, 0.25) is 0 Å². The first-order chi connectivity index (χ1) is 13.6. The lowest BCUT2D eigenvalue weighted by Crippen LogP contribution is -2.44. The molecule has 1 saturated heterocycles. The SMILES string of the molecule is COc1cncc(OC2CCCN(S(=O)(=O)c3ccc4c(c3)CCCC4)C2)n1. The predicted molar refractivity (Wildman–Crippen MR) is 104 cm³/mol. The highest BCUT2D eigenvalue weighted by Gasteiger charge is 2.32. The van der Waals surface area contributed by atoms with Gasteiger partial charge in [-0.05, 0) is 61.8 Å². The monoisotopic (exact) mass is 403 g/mol. The minimum atomic E-state index is -3.54. The normalized spacial score (nSPS) is 20.4. The summed E-state index contributed by atoms with van der Waals surface area (Å²) >= 11 is 0. The summed E-state index contributed by atoms with van der Waals surface area (Å²) in [5, 5.41) is 0. The van der Waals surface area contributed by atoms with Crippen LogP contribution in [0, 0.1) is 0 Å². The fraction of sp³-hybridized carbons (Fsp3) is 0.500. The second kappa shape index (κ2) is 8.05. The highest BCUT2D eigenvalue weighted by molar-refractivity contribution is 7.89. The van der Waals surface area contributed by atoms with Gasteiger partial charge in [0.2, 0.25) is 21.8 Å². The molecule has 1 aliphatic heterocycles. The van der Waals surface area contributed by atoms with Gasteiger partial charge in [-0.1, -0.05) is 6.07 Å². The fourth-order valence-electron chi connectivity index (χ4n) is 3.90. The lowest BCUT2D eigenvalue weighted by molar-refractivity contribution is 0.123. The van der Waals surface area contributed by atoms with Crippen LogP contribution in [0.4, 0.5) is 0 Å². The maximum atomic E-state index is 13.2. The number of fused-ring (bicyclic) bond motifs is 1. The number of aromatic nitrogens is 2. The summed E-state index contributed by atoms with van der Waals surface area (Å²) in [6, 6.07) is 5.59. The summed E-state index contributed by atoms with van der Waals surface area (Å²) in [5.41, 5.74) is 2.45. The standard InChI is InChI=1S/C20H25N3O4S/c1-26-19-12-21-13-20(22-19)27-17-7-4-10-23(14-17)28(24,25)18-9-8-15-5-2-3-6-16(15)11-18/h8-9,11-13,17H,2-7,10,14H2,1H3. The molecule has 0 spiro atoms. The zero-order valence-electron chi connectivity index (χ0n) is 16.0. The van der Waals surface area contributed by atoms with Crippen LogP contribution in [0.25, 0.3) is 0 Å². The Balaban J connectivity index is 1.50. The molecule has 8 heteroatoms. The van der Waals surface area contributed by atoms with Crippen molar-refractivity contribution in [3.63, 3.8) is 0 Å². The van der Waals surface area contributed by atoms with Crippen molar-refractivity contribution in [2.24, 2.45) is 0 Å². The van der Waals surface area contributed by atoms with E-state index in [4.69, 9.17) is 9.47 Å². The van der Waals surface area contributed by atoms with Crippen LogP contribution < -0.4 is 9.47 Å². The molecule has 1 fully saturated rings. The molecule has 28 heavy (non-hydrogen) atoms. The maximum absolute atomic E-state index is 13.2. The van der Waals surface area contributed by atoms with Gasteiger partial charge in [-0.3, -0.25) is 4.98 Å². The summed E-state index contributed by atoms with van der Waals surface area (Å²) in [6.07, 6.45) is 8.56. The Morgan fingerprint density at radius 3 is 2.68 bits per heavy atom. The van der Waals surface area contributed by atoms with E-state index in [1.807, 2.05) is 12.1 Å². The molecule has 0 radical (unpaired) electrons. The number of ether oxygens (including phenoxy) is 2. The van der Waals surface area contributed by atoms with Crippen LogP contribution >= 0.6 is 0 Å². The van der Waals surface area contributed by atoms with Crippen molar-refractivity contribution in [3.05, 3.63) is 41.7 Å². The van der Waals surface area contributed by atoms with Crippen molar-refractivity contribution < 1.29 is 17.9 Å². The van der Waals surface area contributed by atoms with Crippen LogP contribution in [-0.2, 0) is 22.9 Å². The number of methoxy groups -OCH3 is 1. The van der Waals surface area contributed by atoms with Crippen molar-refractivity contribution >= 4 is 10.0 Å². The van der Waals surface area contributed by atoms with Gasteiger partial charge >= 0.3 is 0 Å². The Labute approximate surface area is 165 Å². The Morgan fingerprint density at radius 2 is 1.86 bits per heavy atom. The molecule has 1 aromatic carbocycles. The molecule has 0 amide bonds. The van der Waals surface area contributed by atoms with Gasteiger partial charge < -0.3 is 9.47 Å². The first-order valence-corrected chi connectivity index (χ1v) is 11.1. The highest BCUT2D eigenvalue weighted by atomic mass is 32.2. The summed E-state index contributed by atoms with van der Waals surface area (Å²) in [7, 11) is -2.03. The highest BCUT2D eigenvalue weighted by Crippen LogP contribution is 2.28. The van der Waals surface area contributed by atoms with Gasteiger partial charge in [0.15, 0.2) is 0 Å². The smallest absolute Gasteiger partial charge is 0.243 e. The molecule has 2 aliphatic rings. The second-order valence-electron chi connectivity index (χ2n) is 7.28. The average Bonchev–Trinajstić information content (AvgIpc) is 2.73. The number of hydrogen-bond acceptors (Lipinski definition) is 6. The molecule has 7 nitrogen and oxygen atoms in total. The third kappa shape index (κ3) is 3.98. The third-order valence-corrected chi connectivity index (χ3v) is 7.25. The Kier molecular flexibility index (Phi) is 5.50. The van der Waals surface area contributed by atoms with E-state index in [2.05, 4.69) is 9.97 Å². The van der Waals surface area contributed by atoms with Crippen LogP contribution in [-0.4, -0.2) is 49.0 Å². The van der Waals surface area contributed by atoms with Crippen LogP contribution in [0.3, 0.4) is 0 Å². The minimum Gasteiger partial charge on any atom is -0.480 e. The molecule has 2 heterocycles. The lowest BCUT2D eigenvalue weighted by atomic mass is 9.92. The number of aryl methyl sites for hydroxylation is 2. The van der Waals surface area contributed by atoms with Gasteiger partial charge in [0, 0.05) is 6.54 Å². The minimum absolute atomic E-state index is 0.262. The van der Waals surface area contributed by atoms with Crippen molar-refractivity contribution in [1.29, 1.82) is 0 Å². The second-order valence-corrected chi connectivity index (χ2v) is 9.22. The van der Waals surface area contributed by atoms with Gasteiger partial charge in [-0.2, -0.15) is 9.29 Å². The maximum Gasteiger partial charge on any atom is 0.243 e. The molecule has 1 aliphatic carbocycles. The van der Waals surface area contributed by atoms with E-state index in [1.54, 1.807) is 6.07 Å². The fourth-order valence-corrected chi connectivity index (χ4v) is 5.46. The van der Waals surface area contributed by atoms with Gasteiger partial charge in [0.05, 0.1) is 30.9 Å². The van der Waals surface area contributed by atoms with Crippen LogP contribution in [0.1, 0.15) is 36.8 Å². The zero-order chi connectivity index (χ0) is 19.6. The lowest BCUT2D eigenvalue weighted by Gasteiger charge is -2.32. The van der Waals surface area contributed by atoms with E-state index in [0.717, 1.165) is 32.1 Å². The summed E-state index contributed by atoms with van der Waals surface area (Å²) in [6.45, 7) is 0.807. The number of piperidine rings is 1. The number of hydrogen-bond donors (Lipinski definition) is 0. The summed E-state index contributed by atoms with van der Waals surface area (Å²) in [4.78, 5) is 8.62. The van der Waals surface area contributed by atoms with E-state index in [1.165, 1.54) is 41.4 Å². The van der Waals surface area contributed by atoms with E-state index in [-0.39, 0.29) is 6.10 Å². The van der Waals surface area contributed by atoms with Crippen LogP contribution in [0.5, 0.6) is 11.8 Å². The van der Waals surface area contributed by atoms with Gasteiger partial charge in [-0.15, -0.1) is 0 Å². The largest absolute Gasteiger partial charge is 0.480 e. The number of rotatable bonds is 5. The average molecular weight is 404 g/mol. The Bertz CT molecular complexity index is 948. The van der Waals surface area contributed by atoms with Gasteiger partial charge in [0.25, 0.3) is 0 Å². The third-order valence-electron chi connectivity index (χ3n) is 5.39. The molecule has 1 atom stereocenters. The molecule has 150 valence electrons. The van der Waals surface area contributed by atoms with Crippen molar-refractivity contribution in [2.75, 3.05) is 20.2 Å². The topological polar surface area (TPSA) is 81.6 Å². The van der Waals surface area contributed by atoms with Crippen molar-refractivity contribution in [1.82, 2.24) is 14.3 Å². The van der Waals surface area contributed by atoms with E-state index >= 15 is 0 Å². The van der Waals surface area contributed by atoms with Crippen molar-refractivity contribution in [2.45, 2.75) is 49.5 Å². The van der Waals surface area contributed by atoms with E-state index in [0.29, 0.717) is 29.7 Å². The quantitative estimate of drug-likeness (QED) is 0.763.